The Bertz CT molecular complexity index is 151. The first-order chi connectivity index (χ1) is 7.18. The highest BCUT2D eigenvalue weighted by Crippen LogP contribution is 2.15. The highest BCUT2D eigenvalue weighted by atomic mass is 15.1. The Morgan fingerprint density at radius 2 is 2.20 bits per heavy atom. The summed E-state index contributed by atoms with van der Waals surface area (Å²) in [5, 5.41) is 3.49. The average Bonchev–Trinajstić information content (AvgIpc) is 2.18. The maximum atomic E-state index is 3.49. The van der Waals surface area contributed by atoms with Crippen LogP contribution in [-0.4, -0.2) is 38.1 Å². The van der Waals surface area contributed by atoms with E-state index < -0.39 is 0 Å². The van der Waals surface area contributed by atoms with Gasteiger partial charge in [-0.25, -0.2) is 0 Å². The monoisotopic (exact) mass is 212 g/mol. The highest BCUT2D eigenvalue weighted by molar-refractivity contribution is 4.69. The molecular formula is C13H28N2. The van der Waals surface area contributed by atoms with Crippen LogP contribution in [0.15, 0.2) is 0 Å². The molecule has 1 saturated heterocycles. The standard InChI is InChI=1S/C13H28N2/c1-12(2)11-15(3)9-5-7-13-6-4-8-14-10-13/h12-14H,4-11H2,1-3H3. The molecule has 0 radical (unpaired) electrons. The molecule has 0 bridgehead atoms. The first-order valence-electron chi connectivity index (χ1n) is 6.57. The summed E-state index contributed by atoms with van der Waals surface area (Å²) in [7, 11) is 2.25. The maximum Gasteiger partial charge on any atom is 0.000133 e. The Balaban J connectivity index is 1.99. The largest absolute Gasteiger partial charge is 0.316 e. The number of hydrogen-bond acceptors (Lipinski definition) is 2. The third-order valence-corrected chi connectivity index (χ3v) is 3.23. The molecule has 1 N–H and O–H groups in total. The first-order valence-corrected chi connectivity index (χ1v) is 6.57. The molecule has 1 unspecified atom stereocenters. The minimum Gasteiger partial charge on any atom is -0.316 e. The van der Waals surface area contributed by atoms with Gasteiger partial charge in [0.15, 0.2) is 0 Å². The molecule has 0 aromatic carbocycles. The summed E-state index contributed by atoms with van der Waals surface area (Å²) in [6.45, 7) is 9.60. The van der Waals surface area contributed by atoms with Gasteiger partial charge in [-0.1, -0.05) is 13.8 Å². The van der Waals surface area contributed by atoms with E-state index in [2.05, 4.69) is 31.1 Å². The third kappa shape index (κ3) is 6.16. The molecule has 1 aliphatic rings. The Morgan fingerprint density at radius 3 is 2.80 bits per heavy atom. The first kappa shape index (κ1) is 13.0. The molecule has 0 aromatic heterocycles. The van der Waals surface area contributed by atoms with Gasteiger partial charge in [0.2, 0.25) is 0 Å². The van der Waals surface area contributed by atoms with Crippen LogP contribution in [0, 0.1) is 11.8 Å². The Kier molecular flexibility index (Phi) is 6.26. The van der Waals surface area contributed by atoms with Crippen molar-refractivity contribution in [2.75, 3.05) is 33.2 Å². The van der Waals surface area contributed by atoms with Crippen molar-refractivity contribution in [3.8, 4) is 0 Å². The van der Waals surface area contributed by atoms with E-state index in [0.29, 0.717) is 0 Å². The fraction of sp³-hybridized carbons (Fsp3) is 1.00. The minimum absolute atomic E-state index is 0.798. The molecule has 0 spiro atoms. The van der Waals surface area contributed by atoms with Gasteiger partial charge in [-0.15, -0.1) is 0 Å². The molecule has 2 heteroatoms. The lowest BCUT2D eigenvalue weighted by Crippen LogP contribution is -2.30. The summed E-state index contributed by atoms with van der Waals surface area (Å²) in [5.41, 5.74) is 0. The maximum absolute atomic E-state index is 3.49. The average molecular weight is 212 g/mol. The fourth-order valence-electron chi connectivity index (χ4n) is 2.53. The molecule has 1 fully saturated rings. The summed E-state index contributed by atoms with van der Waals surface area (Å²) in [5.74, 6) is 1.75. The van der Waals surface area contributed by atoms with Crippen molar-refractivity contribution < 1.29 is 0 Å². The van der Waals surface area contributed by atoms with Crippen molar-refractivity contribution in [1.29, 1.82) is 0 Å². The smallest absolute Gasteiger partial charge is 0.000133 e. The molecule has 1 atom stereocenters. The van der Waals surface area contributed by atoms with Crippen LogP contribution in [0.1, 0.15) is 39.5 Å². The Labute approximate surface area is 95.4 Å². The van der Waals surface area contributed by atoms with Gasteiger partial charge in [-0.05, 0) is 64.2 Å². The fourth-order valence-corrected chi connectivity index (χ4v) is 2.53. The Hall–Kier alpha value is -0.0800. The van der Waals surface area contributed by atoms with Gasteiger partial charge in [0.1, 0.15) is 0 Å². The van der Waals surface area contributed by atoms with E-state index in [9.17, 15) is 0 Å². The van der Waals surface area contributed by atoms with Crippen LogP contribution in [-0.2, 0) is 0 Å². The van der Waals surface area contributed by atoms with Crippen molar-refractivity contribution in [3.63, 3.8) is 0 Å². The molecule has 0 saturated carbocycles. The topological polar surface area (TPSA) is 15.3 Å². The van der Waals surface area contributed by atoms with Gasteiger partial charge in [0, 0.05) is 6.54 Å². The molecule has 1 rings (SSSR count). The second kappa shape index (κ2) is 7.24. The summed E-state index contributed by atoms with van der Waals surface area (Å²) < 4.78 is 0. The van der Waals surface area contributed by atoms with Crippen LogP contribution in [0.25, 0.3) is 0 Å². The zero-order valence-corrected chi connectivity index (χ0v) is 10.8. The van der Waals surface area contributed by atoms with Crippen LogP contribution in [0.4, 0.5) is 0 Å². The van der Waals surface area contributed by atoms with Crippen molar-refractivity contribution in [3.05, 3.63) is 0 Å². The van der Waals surface area contributed by atoms with Crippen LogP contribution in [0.5, 0.6) is 0 Å². The second-order valence-electron chi connectivity index (χ2n) is 5.51. The van der Waals surface area contributed by atoms with Gasteiger partial charge in [0.05, 0.1) is 0 Å². The summed E-state index contributed by atoms with van der Waals surface area (Å²) in [4.78, 5) is 2.47. The number of piperidine rings is 1. The zero-order chi connectivity index (χ0) is 11.1. The van der Waals surface area contributed by atoms with Gasteiger partial charge in [-0.2, -0.15) is 0 Å². The van der Waals surface area contributed by atoms with Gasteiger partial charge >= 0.3 is 0 Å². The molecule has 1 heterocycles. The SMILES string of the molecule is CC(C)CN(C)CCCC1CCCNC1. The molecule has 1 aliphatic heterocycles. The van der Waals surface area contributed by atoms with Crippen molar-refractivity contribution >= 4 is 0 Å². The summed E-state index contributed by atoms with van der Waals surface area (Å²) in [6.07, 6.45) is 5.61. The molecule has 0 aromatic rings. The highest BCUT2D eigenvalue weighted by Gasteiger charge is 2.12. The van der Waals surface area contributed by atoms with E-state index in [1.165, 1.54) is 51.9 Å². The van der Waals surface area contributed by atoms with Crippen LogP contribution in [0.2, 0.25) is 0 Å². The lowest BCUT2D eigenvalue weighted by atomic mass is 9.94. The van der Waals surface area contributed by atoms with Crippen molar-refractivity contribution in [1.82, 2.24) is 10.2 Å². The molecule has 0 amide bonds. The quantitative estimate of drug-likeness (QED) is 0.727. The van der Waals surface area contributed by atoms with Crippen LogP contribution in [0.3, 0.4) is 0 Å². The van der Waals surface area contributed by atoms with E-state index in [0.717, 1.165) is 11.8 Å². The lowest BCUT2D eigenvalue weighted by molar-refractivity contribution is 0.270. The number of nitrogens with zero attached hydrogens (tertiary/aromatic N) is 1. The van der Waals surface area contributed by atoms with Gasteiger partial charge < -0.3 is 10.2 Å². The van der Waals surface area contributed by atoms with E-state index in [4.69, 9.17) is 0 Å². The molecular weight excluding hydrogens is 184 g/mol. The lowest BCUT2D eigenvalue weighted by Gasteiger charge is -2.24. The Morgan fingerprint density at radius 1 is 1.40 bits per heavy atom. The van der Waals surface area contributed by atoms with E-state index >= 15 is 0 Å². The predicted molar refractivity (Wildman–Crippen MR) is 67.2 cm³/mol. The summed E-state index contributed by atoms with van der Waals surface area (Å²) >= 11 is 0. The number of nitrogens with one attached hydrogen (secondary N) is 1. The normalized spacial score (nSPS) is 22.6. The predicted octanol–water partition coefficient (Wildman–Crippen LogP) is 2.35. The van der Waals surface area contributed by atoms with E-state index in [1.54, 1.807) is 0 Å². The number of hydrogen-bond donors (Lipinski definition) is 1. The minimum atomic E-state index is 0.798. The third-order valence-electron chi connectivity index (χ3n) is 3.23. The van der Waals surface area contributed by atoms with Gasteiger partial charge in [-0.3, -0.25) is 0 Å². The summed E-state index contributed by atoms with van der Waals surface area (Å²) in [6, 6.07) is 0. The number of rotatable bonds is 6. The molecule has 0 aliphatic carbocycles. The molecule has 90 valence electrons. The second-order valence-corrected chi connectivity index (χ2v) is 5.51. The van der Waals surface area contributed by atoms with Crippen LogP contribution < -0.4 is 5.32 Å². The van der Waals surface area contributed by atoms with Crippen molar-refractivity contribution in [2.24, 2.45) is 11.8 Å². The van der Waals surface area contributed by atoms with E-state index in [1.807, 2.05) is 0 Å². The van der Waals surface area contributed by atoms with Gasteiger partial charge in [0.25, 0.3) is 0 Å². The van der Waals surface area contributed by atoms with Crippen LogP contribution >= 0.6 is 0 Å². The zero-order valence-electron chi connectivity index (χ0n) is 10.8. The van der Waals surface area contributed by atoms with E-state index in [-0.39, 0.29) is 0 Å². The molecule has 15 heavy (non-hydrogen) atoms. The van der Waals surface area contributed by atoms with Crippen molar-refractivity contribution in [2.45, 2.75) is 39.5 Å². The molecule has 2 nitrogen and oxygen atoms in total.